The first-order valence-electron chi connectivity index (χ1n) is 6.86. The van der Waals surface area contributed by atoms with E-state index >= 15 is 0 Å². The molecule has 0 aliphatic carbocycles. The third-order valence-electron chi connectivity index (χ3n) is 4.14. The summed E-state index contributed by atoms with van der Waals surface area (Å²) in [6.45, 7) is 2.54. The lowest BCUT2D eigenvalue weighted by Gasteiger charge is -2.35. The fourth-order valence-corrected chi connectivity index (χ4v) is 3.15. The Morgan fingerprint density at radius 2 is 2.28 bits per heavy atom. The molecule has 2 fully saturated rings. The summed E-state index contributed by atoms with van der Waals surface area (Å²) in [6.07, 6.45) is 7.00. The van der Waals surface area contributed by atoms with Crippen LogP contribution in [0.4, 0.5) is 5.82 Å². The molecule has 3 heterocycles. The van der Waals surface area contributed by atoms with Gasteiger partial charge < -0.3 is 15.0 Å². The van der Waals surface area contributed by atoms with Crippen LogP contribution in [0.25, 0.3) is 0 Å². The molecule has 2 aliphatic heterocycles. The van der Waals surface area contributed by atoms with Crippen LogP contribution < -0.4 is 10.1 Å². The average Bonchev–Trinajstić information content (AvgIpc) is 2.87. The van der Waals surface area contributed by atoms with E-state index in [4.69, 9.17) is 4.74 Å². The Morgan fingerprint density at radius 3 is 3.06 bits per heavy atom. The highest BCUT2D eigenvalue weighted by Gasteiger charge is 2.31. The van der Waals surface area contributed by atoms with E-state index in [1.54, 1.807) is 13.3 Å². The summed E-state index contributed by atoms with van der Waals surface area (Å²) in [5.74, 6) is 1.78. The van der Waals surface area contributed by atoms with Gasteiger partial charge in [-0.05, 0) is 44.4 Å². The maximum absolute atomic E-state index is 5.12. The van der Waals surface area contributed by atoms with Crippen molar-refractivity contribution < 1.29 is 4.74 Å². The number of rotatable bonds is 3. The minimum atomic E-state index is 0.574. The lowest BCUT2D eigenvalue weighted by atomic mass is 9.97. The molecule has 1 N–H and O–H groups in total. The molecule has 0 bridgehead atoms. The SMILES string of the molecule is COc1ccc(NC2CCN3CCCC3C2)nc1. The summed E-state index contributed by atoms with van der Waals surface area (Å²) in [5, 5.41) is 3.55. The average molecular weight is 247 g/mol. The molecular weight excluding hydrogens is 226 g/mol. The number of ether oxygens (including phenoxy) is 1. The number of hydrogen-bond donors (Lipinski definition) is 1. The standard InChI is InChI=1S/C14H21N3O/c1-18-13-4-5-14(15-10-13)16-11-6-8-17-7-2-3-12(17)9-11/h4-5,10-12H,2-3,6-9H2,1H3,(H,15,16). The quantitative estimate of drug-likeness (QED) is 0.888. The van der Waals surface area contributed by atoms with Crippen molar-refractivity contribution in [3.8, 4) is 5.75 Å². The third-order valence-corrected chi connectivity index (χ3v) is 4.14. The fraction of sp³-hybridized carbons (Fsp3) is 0.643. The molecule has 18 heavy (non-hydrogen) atoms. The summed E-state index contributed by atoms with van der Waals surface area (Å²) in [6, 6.07) is 5.33. The van der Waals surface area contributed by atoms with Gasteiger partial charge in [0.25, 0.3) is 0 Å². The molecular formula is C14H21N3O. The lowest BCUT2D eigenvalue weighted by molar-refractivity contribution is 0.188. The van der Waals surface area contributed by atoms with Gasteiger partial charge in [-0.2, -0.15) is 0 Å². The molecule has 0 amide bonds. The number of pyridine rings is 1. The van der Waals surface area contributed by atoms with E-state index in [-0.39, 0.29) is 0 Å². The van der Waals surface area contributed by atoms with Crippen molar-refractivity contribution in [2.45, 2.75) is 37.8 Å². The molecule has 0 saturated carbocycles. The maximum Gasteiger partial charge on any atom is 0.137 e. The Labute approximate surface area is 108 Å². The molecule has 98 valence electrons. The number of methoxy groups -OCH3 is 1. The largest absolute Gasteiger partial charge is 0.495 e. The highest BCUT2D eigenvalue weighted by Crippen LogP contribution is 2.28. The third kappa shape index (κ3) is 2.43. The molecule has 1 aromatic heterocycles. The molecule has 3 rings (SSSR count). The van der Waals surface area contributed by atoms with Gasteiger partial charge in [0.1, 0.15) is 11.6 Å². The van der Waals surface area contributed by atoms with Gasteiger partial charge >= 0.3 is 0 Å². The van der Waals surface area contributed by atoms with Crippen LogP contribution in [0.15, 0.2) is 18.3 Å². The number of hydrogen-bond acceptors (Lipinski definition) is 4. The van der Waals surface area contributed by atoms with Crippen LogP contribution in [0.1, 0.15) is 25.7 Å². The predicted molar refractivity (Wildman–Crippen MR) is 72.0 cm³/mol. The van der Waals surface area contributed by atoms with Gasteiger partial charge in [-0.25, -0.2) is 4.98 Å². The van der Waals surface area contributed by atoms with Gasteiger partial charge in [0.15, 0.2) is 0 Å². The van der Waals surface area contributed by atoms with E-state index in [2.05, 4.69) is 15.2 Å². The minimum Gasteiger partial charge on any atom is -0.495 e. The van der Waals surface area contributed by atoms with Gasteiger partial charge in [0.05, 0.1) is 13.3 Å². The minimum absolute atomic E-state index is 0.574. The van der Waals surface area contributed by atoms with Crippen molar-refractivity contribution in [1.29, 1.82) is 0 Å². The predicted octanol–water partition coefficient (Wildman–Crippen LogP) is 2.13. The van der Waals surface area contributed by atoms with E-state index in [1.807, 2.05) is 12.1 Å². The van der Waals surface area contributed by atoms with Gasteiger partial charge in [-0.3, -0.25) is 0 Å². The number of aromatic nitrogens is 1. The summed E-state index contributed by atoms with van der Waals surface area (Å²) in [7, 11) is 1.67. The zero-order valence-electron chi connectivity index (χ0n) is 10.9. The van der Waals surface area contributed by atoms with Crippen molar-refractivity contribution in [3.05, 3.63) is 18.3 Å². The Kier molecular flexibility index (Phi) is 3.37. The van der Waals surface area contributed by atoms with E-state index < -0.39 is 0 Å². The van der Waals surface area contributed by atoms with Crippen molar-refractivity contribution >= 4 is 5.82 Å². The molecule has 2 saturated heterocycles. The van der Waals surface area contributed by atoms with E-state index in [0.29, 0.717) is 6.04 Å². The molecule has 2 unspecified atom stereocenters. The smallest absolute Gasteiger partial charge is 0.137 e. The monoisotopic (exact) mass is 247 g/mol. The van der Waals surface area contributed by atoms with Crippen LogP contribution >= 0.6 is 0 Å². The number of piperidine rings is 1. The highest BCUT2D eigenvalue weighted by atomic mass is 16.5. The molecule has 2 aliphatic rings. The van der Waals surface area contributed by atoms with Crippen LogP contribution in [-0.4, -0.2) is 42.2 Å². The first kappa shape index (κ1) is 11.8. The van der Waals surface area contributed by atoms with Gasteiger partial charge in [0, 0.05) is 18.6 Å². The van der Waals surface area contributed by atoms with E-state index in [1.165, 1.54) is 38.8 Å². The molecule has 2 atom stereocenters. The number of nitrogens with zero attached hydrogens (tertiary/aromatic N) is 2. The second-order valence-corrected chi connectivity index (χ2v) is 5.28. The van der Waals surface area contributed by atoms with Crippen LogP contribution in [0, 0.1) is 0 Å². The Hall–Kier alpha value is -1.29. The molecule has 4 heteroatoms. The summed E-state index contributed by atoms with van der Waals surface area (Å²) < 4.78 is 5.12. The van der Waals surface area contributed by atoms with Crippen LogP contribution in [0.5, 0.6) is 5.75 Å². The highest BCUT2D eigenvalue weighted by molar-refractivity contribution is 5.38. The topological polar surface area (TPSA) is 37.4 Å². The number of fused-ring (bicyclic) bond motifs is 1. The number of nitrogens with one attached hydrogen (secondary N) is 1. The molecule has 1 aromatic rings. The Morgan fingerprint density at radius 1 is 1.33 bits per heavy atom. The summed E-state index contributed by atoms with van der Waals surface area (Å²) in [5.41, 5.74) is 0. The van der Waals surface area contributed by atoms with Crippen LogP contribution in [0.3, 0.4) is 0 Å². The van der Waals surface area contributed by atoms with Gasteiger partial charge in [-0.1, -0.05) is 0 Å². The lowest BCUT2D eigenvalue weighted by Crippen LogP contribution is -2.42. The zero-order chi connectivity index (χ0) is 12.4. The molecule has 0 spiro atoms. The first-order chi connectivity index (χ1) is 8.85. The normalized spacial score (nSPS) is 27.8. The van der Waals surface area contributed by atoms with Crippen LogP contribution in [-0.2, 0) is 0 Å². The van der Waals surface area contributed by atoms with Crippen molar-refractivity contribution in [2.75, 3.05) is 25.5 Å². The van der Waals surface area contributed by atoms with E-state index in [0.717, 1.165) is 17.6 Å². The Balaban J connectivity index is 1.58. The molecule has 0 radical (unpaired) electrons. The first-order valence-corrected chi connectivity index (χ1v) is 6.86. The molecule has 4 nitrogen and oxygen atoms in total. The molecule has 0 aromatic carbocycles. The zero-order valence-corrected chi connectivity index (χ0v) is 10.9. The van der Waals surface area contributed by atoms with E-state index in [9.17, 15) is 0 Å². The van der Waals surface area contributed by atoms with Crippen molar-refractivity contribution in [1.82, 2.24) is 9.88 Å². The fourth-order valence-electron chi connectivity index (χ4n) is 3.15. The van der Waals surface area contributed by atoms with Crippen LogP contribution in [0.2, 0.25) is 0 Å². The summed E-state index contributed by atoms with van der Waals surface area (Å²) >= 11 is 0. The Bertz CT molecular complexity index is 393. The van der Waals surface area contributed by atoms with Crippen molar-refractivity contribution in [3.63, 3.8) is 0 Å². The number of anilines is 1. The second-order valence-electron chi connectivity index (χ2n) is 5.28. The van der Waals surface area contributed by atoms with Gasteiger partial charge in [0.2, 0.25) is 0 Å². The second kappa shape index (κ2) is 5.14. The van der Waals surface area contributed by atoms with Gasteiger partial charge in [-0.15, -0.1) is 0 Å². The maximum atomic E-state index is 5.12. The summed E-state index contributed by atoms with van der Waals surface area (Å²) in [4.78, 5) is 7.02. The van der Waals surface area contributed by atoms with Crippen molar-refractivity contribution in [2.24, 2.45) is 0 Å².